The fraction of sp³-hybridized carbons (Fsp3) is 0.533. The van der Waals surface area contributed by atoms with Crippen molar-refractivity contribution in [1.82, 2.24) is 0 Å². The van der Waals surface area contributed by atoms with Crippen molar-refractivity contribution in [1.29, 1.82) is 0 Å². The smallest absolute Gasteiger partial charge is 0.344 e. The molecule has 5 rings (SSSR count). The molecule has 2 fully saturated rings. The molecule has 2 aromatic carbocycles. The number of carbonyl (C=O) groups is 1. The molecule has 0 aliphatic heterocycles. The van der Waals surface area contributed by atoms with Gasteiger partial charge in [-0.25, -0.2) is 4.79 Å². The van der Waals surface area contributed by atoms with Crippen LogP contribution in [0.4, 0.5) is 5.69 Å². The highest BCUT2D eigenvalue weighted by Gasteiger charge is 2.55. The molecule has 0 spiro atoms. The van der Waals surface area contributed by atoms with Crippen molar-refractivity contribution in [2.75, 3.05) is 20.3 Å². The van der Waals surface area contributed by atoms with E-state index < -0.39 is 10.9 Å². The fourth-order valence-corrected chi connectivity index (χ4v) is 6.99. The second-order valence-electron chi connectivity index (χ2n) is 11.1. The van der Waals surface area contributed by atoms with Crippen LogP contribution in [-0.2, 0) is 21.0 Å². The number of esters is 1. The van der Waals surface area contributed by atoms with E-state index >= 15 is 0 Å². The van der Waals surface area contributed by atoms with E-state index in [1.165, 1.54) is 12.1 Å². The van der Waals surface area contributed by atoms with Gasteiger partial charge in [0.25, 0.3) is 5.69 Å². The summed E-state index contributed by atoms with van der Waals surface area (Å²) < 4.78 is 16.5. The number of nitro groups is 1. The lowest BCUT2D eigenvalue weighted by Gasteiger charge is -2.50. The normalized spacial score (nSPS) is 27.8. The van der Waals surface area contributed by atoms with Crippen molar-refractivity contribution in [2.45, 2.75) is 64.6 Å². The first kappa shape index (κ1) is 27.9. The fourth-order valence-electron chi connectivity index (χ4n) is 6.99. The highest BCUT2D eigenvalue weighted by molar-refractivity contribution is 6.03. The maximum Gasteiger partial charge on any atom is 0.344 e. The van der Waals surface area contributed by atoms with E-state index in [0.29, 0.717) is 29.8 Å². The number of oxime groups is 1. The minimum Gasteiger partial charge on any atom is -0.493 e. The summed E-state index contributed by atoms with van der Waals surface area (Å²) in [5, 5.41) is 26.4. The summed E-state index contributed by atoms with van der Waals surface area (Å²) >= 11 is 0. The van der Waals surface area contributed by atoms with Crippen LogP contribution in [0.15, 0.2) is 41.6 Å². The summed E-state index contributed by atoms with van der Waals surface area (Å²) in [6, 6.07) is 10.1. The molecule has 0 radical (unpaired) electrons. The standard InChI is InChI=1S/C30H36N2O8/c1-4-38-29(34)17-39-27-15-23-21(14-26(27)37-3)20-11-12-30(2)24(9-10-28(30)33)22(20)13-25(23)31-40-16-18-5-7-19(8-6-18)32(35)36/h5-8,14-15,20,22,24,28,33H,4,9-13,16-17H2,1-3H3/t20-,22-,24+,28?,30+/m1/s1. The lowest BCUT2D eigenvalue weighted by molar-refractivity contribution is -0.384. The number of methoxy groups -OCH3 is 1. The largest absolute Gasteiger partial charge is 0.493 e. The van der Waals surface area contributed by atoms with Gasteiger partial charge in [0.15, 0.2) is 18.1 Å². The number of rotatable bonds is 9. The summed E-state index contributed by atoms with van der Waals surface area (Å²) in [6.45, 7) is 4.15. The maximum atomic E-state index is 12.0. The van der Waals surface area contributed by atoms with Crippen LogP contribution >= 0.6 is 0 Å². The SMILES string of the molecule is CCOC(=O)COc1cc2c(cc1OC)[C@H]1CC[C@]3(C)C(O)CC[C@H]3[C@@H]1CC2=NOCc1ccc([N+](=O)[O-])cc1. The van der Waals surface area contributed by atoms with Gasteiger partial charge in [0.1, 0.15) is 6.61 Å². The van der Waals surface area contributed by atoms with Crippen LogP contribution in [0.25, 0.3) is 0 Å². The zero-order chi connectivity index (χ0) is 28.4. The van der Waals surface area contributed by atoms with Crippen molar-refractivity contribution >= 4 is 17.4 Å². The molecule has 3 aliphatic rings. The van der Waals surface area contributed by atoms with E-state index in [2.05, 4.69) is 12.1 Å². The molecule has 10 nitrogen and oxygen atoms in total. The molecule has 40 heavy (non-hydrogen) atoms. The third-order valence-electron chi connectivity index (χ3n) is 9.07. The highest BCUT2D eigenvalue weighted by Crippen LogP contribution is 2.61. The van der Waals surface area contributed by atoms with Gasteiger partial charge in [0.2, 0.25) is 0 Å². The van der Waals surface area contributed by atoms with E-state index in [9.17, 15) is 20.0 Å². The Morgan fingerprint density at radius 2 is 1.95 bits per heavy atom. The van der Waals surface area contributed by atoms with Crippen LogP contribution in [0.1, 0.15) is 68.6 Å². The minimum absolute atomic E-state index is 0.0192. The summed E-state index contributed by atoms with van der Waals surface area (Å²) in [5.41, 5.74) is 3.44. The number of benzene rings is 2. The average molecular weight is 553 g/mol. The van der Waals surface area contributed by atoms with E-state index in [-0.39, 0.29) is 42.9 Å². The van der Waals surface area contributed by atoms with E-state index in [1.807, 2.05) is 12.1 Å². The number of fused-ring (bicyclic) bond motifs is 5. The first-order chi connectivity index (χ1) is 19.2. The van der Waals surface area contributed by atoms with Crippen LogP contribution in [-0.4, -0.2) is 48.1 Å². The lowest BCUT2D eigenvalue weighted by Crippen LogP contribution is -2.45. The Morgan fingerprint density at radius 3 is 2.65 bits per heavy atom. The Balaban J connectivity index is 1.47. The molecule has 5 atom stereocenters. The number of nitrogens with zero attached hydrogens (tertiary/aromatic N) is 2. The molecule has 214 valence electrons. The summed E-state index contributed by atoms with van der Waals surface area (Å²) in [6.07, 6.45) is 4.07. The second-order valence-corrected chi connectivity index (χ2v) is 11.1. The number of aliphatic hydroxyl groups is 1. The molecule has 2 aromatic rings. The Morgan fingerprint density at radius 1 is 1.18 bits per heavy atom. The highest BCUT2D eigenvalue weighted by atomic mass is 16.6. The first-order valence-corrected chi connectivity index (χ1v) is 13.9. The van der Waals surface area contributed by atoms with Crippen molar-refractivity contribution < 1.29 is 33.9 Å². The van der Waals surface area contributed by atoms with Crippen LogP contribution in [0.2, 0.25) is 0 Å². The quantitative estimate of drug-likeness (QED) is 0.257. The van der Waals surface area contributed by atoms with Gasteiger partial charge in [0.05, 0.1) is 30.5 Å². The molecule has 10 heteroatoms. The molecule has 1 unspecified atom stereocenters. The van der Waals surface area contributed by atoms with Crippen LogP contribution in [0, 0.1) is 27.4 Å². The third-order valence-corrected chi connectivity index (χ3v) is 9.07. The number of hydrogen-bond donors (Lipinski definition) is 1. The van der Waals surface area contributed by atoms with E-state index in [1.54, 1.807) is 26.2 Å². The molecule has 0 saturated heterocycles. The van der Waals surface area contributed by atoms with Crippen LogP contribution in [0.3, 0.4) is 0 Å². The molecular weight excluding hydrogens is 516 g/mol. The molecular formula is C30H36N2O8. The Labute approximate surface area is 233 Å². The predicted octanol–water partition coefficient (Wildman–Crippen LogP) is 5.14. The second kappa shape index (κ2) is 11.4. The minimum atomic E-state index is -0.464. The topological polar surface area (TPSA) is 130 Å². The number of ether oxygens (including phenoxy) is 3. The molecule has 0 bridgehead atoms. The molecule has 1 N–H and O–H groups in total. The molecule has 2 saturated carbocycles. The van der Waals surface area contributed by atoms with Gasteiger partial charge in [0, 0.05) is 17.7 Å². The Hall–Kier alpha value is -3.66. The average Bonchev–Trinajstić information content (AvgIpc) is 3.26. The van der Waals surface area contributed by atoms with E-state index in [4.69, 9.17) is 19.0 Å². The van der Waals surface area contributed by atoms with Gasteiger partial charge in [-0.2, -0.15) is 0 Å². The number of nitro benzene ring substituents is 1. The van der Waals surface area contributed by atoms with Gasteiger partial charge in [-0.05, 0) is 97.6 Å². The summed E-state index contributed by atoms with van der Waals surface area (Å²) in [7, 11) is 1.58. The van der Waals surface area contributed by atoms with Crippen molar-refractivity contribution in [3.05, 3.63) is 63.2 Å². The summed E-state index contributed by atoms with van der Waals surface area (Å²) in [5.74, 6) is 1.43. The lowest BCUT2D eigenvalue weighted by atomic mass is 9.55. The zero-order valence-electron chi connectivity index (χ0n) is 23.1. The van der Waals surface area contributed by atoms with E-state index in [0.717, 1.165) is 48.1 Å². The maximum absolute atomic E-state index is 12.0. The van der Waals surface area contributed by atoms with Gasteiger partial charge < -0.3 is 24.2 Å². The van der Waals surface area contributed by atoms with Crippen molar-refractivity contribution in [2.24, 2.45) is 22.4 Å². The van der Waals surface area contributed by atoms with Gasteiger partial charge in [-0.15, -0.1) is 0 Å². The monoisotopic (exact) mass is 552 g/mol. The zero-order valence-corrected chi connectivity index (χ0v) is 23.1. The molecule has 3 aliphatic carbocycles. The Bertz CT molecular complexity index is 1290. The first-order valence-electron chi connectivity index (χ1n) is 13.9. The third kappa shape index (κ3) is 5.24. The predicted molar refractivity (Wildman–Crippen MR) is 146 cm³/mol. The van der Waals surface area contributed by atoms with Crippen molar-refractivity contribution in [3.63, 3.8) is 0 Å². The number of aliphatic hydroxyl groups excluding tert-OH is 1. The Kier molecular flexibility index (Phi) is 7.98. The number of hydrogen-bond acceptors (Lipinski definition) is 9. The van der Waals surface area contributed by atoms with Gasteiger partial charge >= 0.3 is 5.97 Å². The number of non-ortho nitro benzene ring substituents is 1. The molecule has 0 heterocycles. The van der Waals surface area contributed by atoms with Crippen molar-refractivity contribution in [3.8, 4) is 11.5 Å². The summed E-state index contributed by atoms with van der Waals surface area (Å²) in [4.78, 5) is 28.3. The number of carbonyl (C=O) groups excluding carboxylic acids is 1. The van der Waals surface area contributed by atoms with Crippen LogP contribution in [0.5, 0.6) is 11.5 Å². The van der Waals surface area contributed by atoms with Gasteiger partial charge in [-0.3, -0.25) is 10.1 Å². The van der Waals surface area contributed by atoms with Crippen LogP contribution < -0.4 is 9.47 Å². The van der Waals surface area contributed by atoms with Gasteiger partial charge in [-0.1, -0.05) is 12.1 Å². The molecule has 0 aromatic heterocycles. The molecule has 0 amide bonds.